The van der Waals surface area contributed by atoms with Crippen LogP contribution in [0.5, 0.6) is 0 Å². The van der Waals surface area contributed by atoms with Crippen LogP contribution in [0.1, 0.15) is 29.7 Å². The molecule has 0 fully saturated rings. The van der Waals surface area contributed by atoms with Crippen molar-refractivity contribution >= 4 is 33.1 Å². The van der Waals surface area contributed by atoms with Gasteiger partial charge in [0.05, 0.1) is 17.4 Å². The van der Waals surface area contributed by atoms with E-state index in [1.54, 1.807) is 6.20 Å². The topological polar surface area (TPSA) is 91.4 Å². The van der Waals surface area contributed by atoms with Gasteiger partial charge in [0.2, 0.25) is 0 Å². The van der Waals surface area contributed by atoms with Crippen molar-refractivity contribution in [1.29, 1.82) is 5.41 Å². The van der Waals surface area contributed by atoms with Crippen LogP contribution >= 0.6 is 0 Å². The molecule has 1 aliphatic rings. The number of hydrogen-bond acceptors (Lipinski definition) is 4. The van der Waals surface area contributed by atoms with Crippen LogP contribution in [-0.4, -0.2) is 27.1 Å². The standard InChI is InChI=1S/C18H15F4N5/c19-12-5-13-11(7-25-27-13)14-8-3-1-2-4-9(8)15(26-16(12)14)10(6-23)17(24)18(20,21)22/h5-7,24H,1-4,23H2,(H,25,27)/b10-6-,24-17?. The molecule has 0 saturated heterocycles. The molecular weight excluding hydrogens is 362 g/mol. The summed E-state index contributed by atoms with van der Waals surface area (Å²) in [7, 11) is 0. The lowest BCUT2D eigenvalue weighted by molar-refractivity contribution is -0.0578. The number of alkyl halides is 3. The quantitative estimate of drug-likeness (QED) is 0.465. The number of allylic oxidation sites excluding steroid dienone is 1. The van der Waals surface area contributed by atoms with Crippen LogP contribution in [0.15, 0.2) is 18.5 Å². The first kappa shape index (κ1) is 17.4. The molecule has 9 heteroatoms. The summed E-state index contributed by atoms with van der Waals surface area (Å²) < 4.78 is 54.1. The Bertz CT molecular complexity index is 1110. The Balaban J connectivity index is 2.10. The zero-order valence-corrected chi connectivity index (χ0v) is 14.0. The highest BCUT2D eigenvalue weighted by molar-refractivity contribution is 6.25. The van der Waals surface area contributed by atoms with Crippen LogP contribution in [0.3, 0.4) is 0 Å². The monoisotopic (exact) mass is 377 g/mol. The zero-order valence-electron chi connectivity index (χ0n) is 14.0. The molecule has 27 heavy (non-hydrogen) atoms. The number of rotatable bonds is 2. The minimum Gasteiger partial charge on any atom is -0.404 e. The first-order chi connectivity index (χ1) is 12.8. The number of H-pyrrole nitrogens is 1. The highest BCUT2D eigenvalue weighted by Crippen LogP contribution is 2.38. The molecule has 4 rings (SSSR count). The van der Waals surface area contributed by atoms with Crippen molar-refractivity contribution < 1.29 is 17.6 Å². The van der Waals surface area contributed by atoms with Gasteiger partial charge in [-0.2, -0.15) is 18.3 Å². The van der Waals surface area contributed by atoms with Crippen LogP contribution in [-0.2, 0) is 12.8 Å². The number of pyridine rings is 1. The number of aromatic nitrogens is 3. The first-order valence-corrected chi connectivity index (χ1v) is 8.38. The summed E-state index contributed by atoms with van der Waals surface area (Å²) in [6.07, 6.45) is 0.0939. The lowest BCUT2D eigenvalue weighted by Gasteiger charge is -2.23. The molecule has 0 amide bonds. The maximum Gasteiger partial charge on any atom is 0.433 e. The number of benzene rings is 1. The van der Waals surface area contributed by atoms with Crippen LogP contribution in [0, 0.1) is 11.2 Å². The lowest BCUT2D eigenvalue weighted by atomic mass is 9.84. The number of nitrogens with two attached hydrogens (primary N) is 1. The lowest BCUT2D eigenvalue weighted by Crippen LogP contribution is -2.25. The third-order valence-corrected chi connectivity index (χ3v) is 4.93. The van der Waals surface area contributed by atoms with E-state index < -0.39 is 23.3 Å². The van der Waals surface area contributed by atoms with E-state index in [0.29, 0.717) is 34.7 Å². The van der Waals surface area contributed by atoms with Gasteiger partial charge in [0.25, 0.3) is 0 Å². The molecule has 0 unspecified atom stereocenters. The van der Waals surface area contributed by atoms with Crippen molar-refractivity contribution in [2.75, 3.05) is 0 Å². The number of hydrogen-bond donors (Lipinski definition) is 3. The van der Waals surface area contributed by atoms with E-state index in [1.165, 1.54) is 6.07 Å². The van der Waals surface area contributed by atoms with E-state index in [-0.39, 0.29) is 11.2 Å². The van der Waals surface area contributed by atoms with Gasteiger partial charge in [-0.15, -0.1) is 0 Å². The highest BCUT2D eigenvalue weighted by atomic mass is 19.4. The summed E-state index contributed by atoms with van der Waals surface area (Å²) in [5.41, 5.74) is 5.06. The number of fused-ring (bicyclic) bond motifs is 5. The molecular formula is C18H15F4N5. The van der Waals surface area contributed by atoms with Crippen LogP contribution in [0.25, 0.3) is 27.4 Å². The number of nitrogens with zero attached hydrogens (tertiary/aromatic N) is 2. The fourth-order valence-corrected chi connectivity index (χ4v) is 3.74. The Labute approximate surface area is 150 Å². The number of nitrogens with one attached hydrogen (secondary N) is 2. The maximum atomic E-state index is 14.7. The number of aromatic amines is 1. The van der Waals surface area contributed by atoms with Crippen LogP contribution < -0.4 is 5.73 Å². The molecule has 2 aromatic heterocycles. The molecule has 3 aromatic rings. The Kier molecular flexibility index (Phi) is 3.90. The fourth-order valence-electron chi connectivity index (χ4n) is 3.74. The van der Waals surface area contributed by atoms with Gasteiger partial charge >= 0.3 is 6.18 Å². The Morgan fingerprint density at radius 2 is 1.93 bits per heavy atom. The molecule has 2 heterocycles. The summed E-state index contributed by atoms with van der Waals surface area (Å²) >= 11 is 0. The molecule has 0 bridgehead atoms. The molecule has 0 aliphatic heterocycles. The molecule has 140 valence electrons. The Morgan fingerprint density at radius 1 is 1.22 bits per heavy atom. The fraction of sp³-hybridized carbons (Fsp3) is 0.278. The summed E-state index contributed by atoms with van der Waals surface area (Å²) in [6.45, 7) is 0. The van der Waals surface area contributed by atoms with E-state index in [9.17, 15) is 17.6 Å². The molecule has 0 atom stereocenters. The van der Waals surface area contributed by atoms with Crippen molar-refractivity contribution in [3.05, 3.63) is 41.1 Å². The second kappa shape index (κ2) is 6.04. The molecule has 1 aliphatic carbocycles. The van der Waals surface area contributed by atoms with E-state index in [0.717, 1.165) is 24.6 Å². The summed E-state index contributed by atoms with van der Waals surface area (Å²) in [4.78, 5) is 4.22. The van der Waals surface area contributed by atoms with Crippen molar-refractivity contribution in [2.45, 2.75) is 31.9 Å². The Morgan fingerprint density at radius 3 is 2.59 bits per heavy atom. The molecule has 0 spiro atoms. The zero-order chi connectivity index (χ0) is 19.3. The van der Waals surface area contributed by atoms with E-state index >= 15 is 0 Å². The number of halogens is 4. The second-order valence-corrected chi connectivity index (χ2v) is 6.49. The van der Waals surface area contributed by atoms with Gasteiger partial charge < -0.3 is 5.73 Å². The first-order valence-electron chi connectivity index (χ1n) is 8.38. The largest absolute Gasteiger partial charge is 0.433 e. The summed E-state index contributed by atoms with van der Waals surface area (Å²) in [5, 5.41) is 15.4. The van der Waals surface area contributed by atoms with Gasteiger partial charge in [-0.3, -0.25) is 10.5 Å². The van der Waals surface area contributed by atoms with Gasteiger partial charge in [-0.1, -0.05) is 0 Å². The molecule has 0 radical (unpaired) electrons. The molecule has 0 saturated carbocycles. The minimum absolute atomic E-state index is 0.0334. The minimum atomic E-state index is -4.88. The third-order valence-electron chi connectivity index (χ3n) is 4.93. The molecule has 5 nitrogen and oxygen atoms in total. The SMILES string of the molecule is N=C(/C(=C\N)c1nc2c(F)cc3[nH]ncc3c2c2c1CCCC2)C(F)(F)F. The second-order valence-electron chi connectivity index (χ2n) is 6.49. The van der Waals surface area contributed by atoms with E-state index in [1.807, 2.05) is 0 Å². The molecule has 1 aromatic carbocycles. The normalized spacial score (nSPS) is 15.3. The third kappa shape index (κ3) is 2.65. The van der Waals surface area contributed by atoms with E-state index in [2.05, 4.69) is 15.2 Å². The van der Waals surface area contributed by atoms with Gasteiger partial charge in [0.15, 0.2) is 5.82 Å². The smallest absolute Gasteiger partial charge is 0.404 e. The summed E-state index contributed by atoms with van der Waals surface area (Å²) in [6, 6.07) is 1.22. The maximum absolute atomic E-state index is 14.7. The van der Waals surface area contributed by atoms with Crippen molar-refractivity contribution in [1.82, 2.24) is 15.2 Å². The van der Waals surface area contributed by atoms with Gasteiger partial charge in [0.1, 0.15) is 11.2 Å². The predicted octanol–water partition coefficient (Wildman–Crippen LogP) is 4.01. The average molecular weight is 377 g/mol. The van der Waals surface area contributed by atoms with Gasteiger partial charge in [-0.05, 0) is 36.8 Å². The predicted molar refractivity (Wildman–Crippen MR) is 93.9 cm³/mol. The van der Waals surface area contributed by atoms with Crippen molar-refractivity contribution in [3.8, 4) is 0 Å². The van der Waals surface area contributed by atoms with Gasteiger partial charge in [0, 0.05) is 28.6 Å². The Hall–Kier alpha value is -2.97. The average Bonchev–Trinajstić information content (AvgIpc) is 3.09. The van der Waals surface area contributed by atoms with Crippen LogP contribution in [0.4, 0.5) is 17.6 Å². The summed E-state index contributed by atoms with van der Waals surface area (Å²) in [5.74, 6) is -0.661. The number of aryl methyl sites for hydroxylation is 1. The van der Waals surface area contributed by atoms with Crippen molar-refractivity contribution in [3.63, 3.8) is 0 Å². The van der Waals surface area contributed by atoms with Crippen molar-refractivity contribution in [2.24, 2.45) is 5.73 Å². The highest BCUT2D eigenvalue weighted by Gasteiger charge is 2.39. The molecule has 4 N–H and O–H groups in total. The van der Waals surface area contributed by atoms with Gasteiger partial charge in [-0.25, -0.2) is 9.37 Å². The van der Waals surface area contributed by atoms with E-state index in [4.69, 9.17) is 11.1 Å². The van der Waals surface area contributed by atoms with Crippen LogP contribution in [0.2, 0.25) is 0 Å².